The van der Waals surface area contributed by atoms with Crippen LogP contribution in [-0.2, 0) is 11.2 Å². The van der Waals surface area contributed by atoms with Gasteiger partial charge in [-0.05, 0) is 51.3 Å². The average Bonchev–Trinajstić information content (AvgIpc) is 2.28. The fourth-order valence-electron chi connectivity index (χ4n) is 1.46. The largest absolute Gasteiger partial charge is 0.329 e. The Labute approximate surface area is 117 Å². The fraction of sp³-hybridized carbons (Fsp3) is 0.562. The number of unbranched alkanes of at least 4 members (excludes halogenated alkanes) is 2. The zero-order chi connectivity index (χ0) is 14.7. The van der Waals surface area contributed by atoms with E-state index >= 15 is 0 Å². The zero-order valence-electron chi connectivity index (χ0n) is 12.7. The number of anilines is 1. The summed E-state index contributed by atoms with van der Waals surface area (Å²) < 4.78 is 0. The van der Waals surface area contributed by atoms with Crippen LogP contribution in [0.1, 0.15) is 52.5 Å². The standard InChI is InChI=1S/C12H17NO.C4H11N/c1-2-3-4-6-11-7-5-8-12(9-11)13-10-14;1-4(2,3)5/h5,7-10H,2-4,6H2,1H3,(H,13,14);5H2,1-3H3. The van der Waals surface area contributed by atoms with E-state index in [1.807, 2.05) is 39.0 Å². The van der Waals surface area contributed by atoms with Crippen LogP contribution in [-0.4, -0.2) is 11.9 Å². The van der Waals surface area contributed by atoms with Gasteiger partial charge in [0.15, 0.2) is 0 Å². The van der Waals surface area contributed by atoms with Crippen LogP contribution in [0.25, 0.3) is 0 Å². The average molecular weight is 264 g/mol. The molecule has 3 N–H and O–H groups in total. The van der Waals surface area contributed by atoms with Crippen molar-refractivity contribution >= 4 is 12.1 Å². The van der Waals surface area contributed by atoms with Gasteiger partial charge in [0.2, 0.25) is 6.41 Å². The van der Waals surface area contributed by atoms with Crippen LogP contribution in [0.2, 0.25) is 0 Å². The second kappa shape index (κ2) is 9.56. The third-order valence-corrected chi connectivity index (χ3v) is 2.22. The summed E-state index contributed by atoms with van der Waals surface area (Å²) >= 11 is 0. The SMILES string of the molecule is CC(C)(C)N.CCCCCc1cccc(NC=O)c1. The first-order valence-corrected chi connectivity index (χ1v) is 6.95. The lowest BCUT2D eigenvalue weighted by molar-refractivity contribution is -0.105. The van der Waals surface area contributed by atoms with Gasteiger partial charge in [-0.25, -0.2) is 0 Å². The highest BCUT2D eigenvalue weighted by atomic mass is 16.1. The van der Waals surface area contributed by atoms with Crippen molar-refractivity contribution in [2.45, 2.75) is 58.9 Å². The highest BCUT2D eigenvalue weighted by molar-refractivity contribution is 5.71. The molecule has 19 heavy (non-hydrogen) atoms. The van der Waals surface area contributed by atoms with Gasteiger partial charge in [-0.2, -0.15) is 0 Å². The van der Waals surface area contributed by atoms with Crippen LogP contribution in [0.5, 0.6) is 0 Å². The van der Waals surface area contributed by atoms with Crippen LogP contribution in [0, 0.1) is 0 Å². The van der Waals surface area contributed by atoms with Crippen molar-refractivity contribution in [2.24, 2.45) is 5.73 Å². The maximum Gasteiger partial charge on any atom is 0.211 e. The van der Waals surface area contributed by atoms with Crippen LogP contribution < -0.4 is 11.1 Å². The summed E-state index contributed by atoms with van der Waals surface area (Å²) in [5.41, 5.74) is 7.53. The van der Waals surface area contributed by atoms with E-state index in [0.717, 1.165) is 12.1 Å². The van der Waals surface area contributed by atoms with E-state index in [0.29, 0.717) is 6.41 Å². The second-order valence-electron chi connectivity index (χ2n) is 5.79. The number of aryl methyl sites for hydroxylation is 1. The summed E-state index contributed by atoms with van der Waals surface area (Å²) in [5, 5.41) is 2.66. The maximum absolute atomic E-state index is 10.2. The molecule has 0 aliphatic heterocycles. The lowest BCUT2D eigenvalue weighted by Gasteiger charge is -2.06. The van der Waals surface area contributed by atoms with E-state index in [-0.39, 0.29) is 5.54 Å². The second-order valence-corrected chi connectivity index (χ2v) is 5.79. The number of rotatable bonds is 6. The minimum atomic E-state index is 0. The minimum absolute atomic E-state index is 0. The summed E-state index contributed by atoms with van der Waals surface area (Å²) in [6.45, 7) is 8.09. The van der Waals surface area contributed by atoms with Gasteiger partial charge in [-0.15, -0.1) is 0 Å². The van der Waals surface area contributed by atoms with E-state index in [2.05, 4.69) is 18.3 Å². The zero-order valence-corrected chi connectivity index (χ0v) is 12.7. The van der Waals surface area contributed by atoms with Crippen LogP contribution in [0.3, 0.4) is 0 Å². The Bertz CT molecular complexity index is 350. The maximum atomic E-state index is 10.2. The lowest BCUT2D eigenvalue weighted by atomic mass is 10.1. The van der Waals surface area contributed by atoms with E-state index < -0.39 is 0 Å². The third kappa shape index (κ3) is 12.9. The molecule has 0 atom stereocenters. The molecule has 0 saturated carbocycles. The smallest absolute Gasteiger partial charge is 0.211 e. The molecule has 0 aromatic heterocycles. The van der Waals surface area contributed by atoms with Crippen LogP contribution >= 0.6 is 0 Å². The number of amides is 1. The van der Waals surface area contributed by atoms with Crippen LogP contribution in [0.4, 0.5) is 5.69 Å². The van der Waals surface area contributed by atoms with Gasteiger partial charge in [0.25, 0.3) is 0 Å². The molecule has 1 rings (SSSR count). The van der Waals surface area contributed by atoms with Gasteiger partial charge < -0.3 is 11.1 Å². The van der Waals surface area contributed by atoms with Gasteiger partial charge >= 0.3 is 0 Å². The molecule has 1 aromatic rings. The van der Waals surface area contributed by atoms with Gasteiger partial charge in [0, 0.05) is 11.2 Å². The molecular formula is C16H28N2O. The molecule has 0 unspecified atom stereocenters. The quantitative estimate of drug-likeness (QED) is 0.607. The molecule has 1 aromatic carbocycles. The third-order valence-electron chi connectivity index (χ3n) is 2.22. The Morgan fingerprint density at radius 1 is 1.26 bits per heavy atom. The van der Waals surface area contributed by atoms with Gasteiger partial charge in [-0.3, -0.25) is 4.79 Å². The minimum Gasteiger partial charge on any atom is -0.329 e. The van der Waals surface area contributed by atoms with Crippen molar-refractivity contribution in [3.8, 4) is 0 Å². The molecule has 0 aliphatic carbocycles. The topological polar surface area (TPSA) is 55.1 Å². The summed E-state index contributed by atoms with van der Waals surface area (Å²) in [6.07, 6.45) is 5.55. The summed E-state index contributed by atoms with van der Waals surface area (Å²) in [7, 11) is 0. The Hall–Kier alpha value is -1.35. The summed E-state index contributed by atoms with van der Waals surface area (Å²) in [6, 6.07) is 8.01. The Morgan fingerprint density at radius 2 is 1.89 bits per heavy atom. The fourth-order valence-corrected chi connectivity index (χ4v) is 1.46. The van der Waals surface area contributed by atoms with E-state index in [1.54, 1.807) is 0 Å². The summed E-state index contributed by atoms with van der Waals surface area (Å²) in [4.78, 5) is 10.2. The molecule has 1 amide bonds. The molecular weight excluding hydrogens is 236 g/mol. The van der Waals surface area contributed by atoms with Crippen molar-refractivity contribution in [3.63, 3.8) is 0 Å². The van der Waals surface area contributed by atoms with Crippen molar-refractivity contribution < 1.29 is 4.79 Å². The number of carbonyl (C=O) groups is 1. The van der Waals surface area contributed by atoms with E-state index in [1.165, 1.54) is 24.8 Å². The summed E-state index contributed by atoms with van der Waals surface area (Å²) in [5.74, 6) is 0. The normalized spacial score (nSPS) is 10.4. The Kier molecular flexibility index (Phi) is 8.88. The Morgan fingerprint density at radius 3 is 2.42 bits per heavy atom. The molecule has 0 heterocycles. The highest BCUT2D eigenvalue weighted by Gasteiger charge is 1.96. The monoisotopic (exact) mass is 264 g/mol. The van der Waals surface area contributed by atoms with Crippen molar-refractivity contribution in [1.82, 2.24) is 0 Å². The number of hydrogen-bond donors (Lipinski definition) is 2. The molecule has 0 bridgehead atoms. The molecule has 3 heteroatoms. The first-order valence-electron chi connectivity index (χ1n) is 6.95. The van der Waals surface area contributed by atoms with Crippen LogP contribution in [0.15, 0.2) is 24.3 Å². The molecule has 0 spiro atoms. The lowest BCUT2D eigenvalue weighted by Crippen LogP contribution is -2.26. The van der Waals surface area contributed by atoms with Crippen molar-refractivity contribution in [3.05, 3.63) is 29.8 Å². The van der Waals surface area contributed by atoms with E-state index in [9.17, 15) is 4.79 Å². The van der Waals surface area contributed by atoms with E-state index in [4.69, 9.17) is 5.73 Å². The predicted octanol–water partition coefficient (Wildman–Crippen LogP) is 3.73. The van der Waals surface area contributed by atoms with Gasteiger partial charge in [0.05, 0.1) is 0 Å². The number of nitrogens with two attached hydrogens (primary N) is 1. The molecule has 0 saturated heterocycles. The van der Waals surface area contributed by atoms with Gasteiger partial charge in [0.1, 0.15) is 0 Å². The number of hydrogen-bond acceptors (Lipinski definition) is 2. The molecule has 3 nitrogen and oxygen atoms in total. The first kappa shape index (κ1) is 17.6. The first-order chi connectivity index (χ1) is 8.86. The highest BCUT2D eigenvalue weighted by Crippen LogP contribution is 2.12. The molecule has 0 aliphatic rings. The van der Waals surface area contributed by atoms with Crippen molar-refractivity contribution in [1.29, 1.82) is 0 Å². The number of benzene rings is 1. The number of nitrogens with one attached hydrogen (secondary N) is 1. The molecule has 0 fully saturated rings. The molecule has 108 valence electrons. The van der Waals surface area contributed by atoms with Gasteiger partial charge in [-0.1, -0.05) is 31.9 Å². The number of carbonyl (C=O) groups excluding carboxylic acids is 1. The Balaban J connectivity index is 0.000000555. The molecule has 0 radical (unpaired) electrons. The van der Waals surface area contributed by atoms with Crippen molar-refractivity contribution in [2.75, 3.05) is 5.32 Å². The predicted molar refractivity (Wildman–Crippen MR) is 83.3 cm³/mol.